The lowest BCUT2D eigenvalue weighted by atomic mass is 9.95. The topological polar surface area (TPSA) is 61.4 Å². The van der Waals surface area contributed by atoms with Crippen LogP contribution in [0, 0.1) is 5.92 Å². The van der Waals surface area contributed by atoms with Crippen LogP contribution < -0.4 is 15.5 Å². The standard InChI is InChI=1S/C20H20BrN3O2/c1-12(2)9-10-24-17-8-7-13(21)11-15(17)20(19(24)26)22-16-6-4-3-5-14(16)18(25)23-20/h3-8,11-12,22H,9-10H2,1-2H3,(H,23,25). The quantitative estimate of drug-likeness (QED) is 0.802. The fraction of sp³-hybridized carbons (Fsp3) is 0.300. The Labute approximate surface area is 160 Å². The molecule has 2 aliphatic rings. The van der Waals surface area contributed by atoms with Crippen molar-refractivity contribution < 1.29 is 9.59 Å². The van der Waals surface area contributed by atoms with Gasteiger partial charge in [-0.2, -0.15) is 0 Å². The van der Waals surface area contributed by atoms with E-state index in [4.69, 9.17) is 0 Å². The molecule has 4 rings (SSSR count). The highest BCUT2D eigenvalue weighted by molar-refractivity contribution is 9.10. The second-order valence-electron chi connectivity index (χ2n) is 7.18. The highest BCUT2D eigenvalue weighted by Gasteiger charge is 2.54. The Morgan fingerprint density at radius 3 is 2.65 bits per heavy atom. The van der Waals surface area contributed by atoms with Gasteiger partial charge in [0.1, 0.15) is 0 Å². The van der Waals surface area contributed by atoms with Crippen molar-refractivity contribution in [3.05, 3.63) is 58.1 Å². The first kappa shape index (κ1) is 17.1. The van der Waals surface area contributed by atoms with Crippen LogP contribution in [0.2, 0.25) is 0 Å². The number of carbonyl (C=O) groups excluding carboxylic acids is 2. The number of rotatable bonds is 3. The predicted molar refractivity (Wildman–Crippen MR) is 105 cm³/mol. The van der Waals surface area contributed by atoms with E-state index in [1.54, 1.807) is 11.0 Å². The monoisotopic (exact) mass is 413 g/mol. The highest BCUT2D eigenvalue weighted by Crippen LogP contribution is 2.44. The highest BCUT2D eigenvalue weighted by atomic mass is 79.9. The van der Waals surface area contributed by atoms with Gasteiger partial charge in [-0.3, -0.25) is 9.59 Å². The first-order valence-corrected chi connectivity index (χ1v) is 9.53. The number of para-hydroxylation sites is 1. The van der Waals surface area contributed by atoms with Gasteiger partial charge < -0.3 is 15.5 Å². The first-order chi connectivity index (χ1) is 12.4. The molecule has 5 nitrogen and oxygen atoms in total. The fourth-order valence-corrected chi connectivity index (χ4v) is 3.94. The van der Waals surface area contributed by atoms with Gasteiger partial charge in [-0.15, -0.1) is 0 Å². The van der Waals surface area contributed by atoms with Crippen molar-refractivity contribution in [3.8, 4) is 0 Å². The van der Waals surface area contributed by atoms with Crippen LogP contribution in [0.5, 0.6) is 0 Å². The molecule has 2 aromatic carbocycles. The van der Waals surface area contributed by atoms with E-state index in [2.05, 4.69) is 40.4 Å². The lowest BCUT2D eigenvalue weighted by Crippen LogP contribution is -2.60. The molecule has 1 unspecified atom stereocenters. The molecule has 134 valence electrons. The molecule has 0 radical (unpaired) electrons. The number of nitrogens with zero attached hydrogens (tertiary/aromatic N) is 1. The van der Waals surface area contributed by atoms with Crippen LogP contribution in [0.15, 0.2) is 46.9 Å². The Kier molecular flexibility index (Phi) is 4.03. The Bertz CT molecular complexity index is 912. The Balaban J connectivity index is 1.83. The van der Waals surface area contributed by atoms with Gasteiger partial charge in [-0.05, 0) is 42.7 Å². The summed E-state index contributed by atoms with van der Waals surface area (Å²) in [5.74, 6) is 0.0892. The van der Waals surface area contributed by atoms with Crippen molar-refractivity contribution in [2.75, 3.05) is 16.8 Å². The van der Waals surface area contributed by atoms with Crippen molar-refractivity contribution in [2.45, 2.75) is 25.9 Å². The summed E-state index contributed by atoms with van der Waals surface area (Å²) in [5.41, 5.74) is 1.56. The largest absolute Gasteiger partial charge is 0.350 e. The molecule has 2 aromatic rings. The van der Waals surface area contributed by atoms with E-state index in [1.165, 1.54) is 0 Å². The molecule has 0 saturated carbocycles. The van der Waals surface area contributed by atoms with Crippen LogP contribution in [0.4, 0.5) is 11.4 Å². The third-order valence-corrected chi connectivity index (χ3v) is 5.44. The van der Waals surface area contributed by atoms with E-state index in [1.807, 2.05) is 36.4 Å². The summed E-state index contributed by atoms with van der Waals surface area (Å²) < 4.78 is 0.865. The molecular weight excluding hydrogens is 394 g/mol. The van der Waals surface area contributed by atoms with Gasteiger partial charge in [0.05, 0.1) is 11.3 Å². The molecule has 0 aliphatic carbocycles. The van der Waals surface area contributed by atoms with Crippen LogP contribution in [-0.4, -0.2) is 18.4 Å². The van der Waals surface area contributed by atoms with E-state index in [0.29, 0.717) is 23.7 Å². The van der Waals surface area contributed by atoms with Crippen molar-refractivity contribution in [1.29, 1.82) is 0 Å². The Morgan fingerprint density at radius 2 is 1.88 bits per heavy atom. The molecule has 2 N–H and O–H groups in total. The SMILES string of the molecule is CC(C)CCN1C(=O)C2(NC(=O)c3ccccc3N2)c2cc(Br)ccc21. The van der Waals surface area contributed by atoms with E-state index < -0.39 is 5.66 Å². The Hall–Kier alpha value is -2.34. The summed E-state index contributed by atoms with van der Waals surface area (Å²) >= 11 is 3.49. The zero-order chi connectivity index (χ0) is 18.5. The number of anilines is 2. The second kappa shape index (κ2) is 6.13. The van der Waals surface area contributed by atoms with Crippen molar-refractivity contribution in [3.63, 3.8) is 0 Å². The molecule has 0 saturated heterocycles. The number of halogens is 1. The summed E-state index contributed by atoms with van der Waals surface area (Å²) in [6.45, 7) is 4.89. The van der Waals surface area contributed by atoms with Gasteiger partial charge in [0.25, 0.3) is 11.8 Å². The molecule has 0 fully saturated rings. The van der Waals surface area contributed by atoms with E-state index >= 15 is 0 Å². The van der Waals surface area contributed by atoms with Crippen LogP contribution in [0.3, 0.4) is 0 Å². The van der Waals surface area contributed by atoms with Crippen molar-refractivity contribution in [1.82, 2.24) is 5.32 Å². The lowest BCUT2D eigenvalue weighted by Gasteiger charge is -2.36. The zero-order valence-corrected chi connectivity index (χ0v) is 16.3. The summed E-state index contributed by atoms with van der Waals surface area (Å²) in [6, 6.07) is 13.0. The molecule has 0 bridgehead atoms. The van der Waals surface area contributed by atoms with E-state index in [0.717, 1.165) is 22.1 Å². The molecule has 26 heavy (non-hydrogen) atoms. The Morgan fingerprint density at radius 1 is 1.12 bits per heavy atom. The fourth-order valence-electron chi connectivity index (χ4n) is 3.58. The molecule has 1 atom stereocenters. The molecular formula is C20H20BrN3O2. The number of carbonyl (C=O) groups is 2. The molecule has 2 aliphatic heterocycles. The van der Waals surface area contributed by atoms with Crippen LogP contribution in [0.1, 0.15) is 36.2 Å². The first-order valence-electron chi connectivity index (χ1n) is 8.74. The number of hydrogen-bond acceptors (Lipinski definition) is 3. The maximum Gasteiger partial charge on any atom is 0.278 e. The maximum atomic E-state index is 13.5. The molecule has 6 heteroatoms. The minimum atomic E-state index is -1.26. The average molecular weight is 414 g/mol. The van der Waals surface area contributed by atoms with Gasteiger partial charge in [0.2, 0.25) is 5.66 Å². The minimum Gasteiger partial charge on any atom is -0.350 e. The number of hydrogen-bond donors (Lipinski definition) is 2. The predicted octanol–water partition coefficient (Wildman–Crippen LogP) is 3.85. The summed E-state index contributed by atoms with van der Waals surface area (Å²) in [5, 5.41) is 6.25. The van der Waals surface area contributed by atoms with E-state index in [-0.39, 0.29) is 11.8 Å². The summed E-state index contributed by atoms with van der Waals surface area (Å²) in [6.07, 6.45) is 0.891. The number of fused-ring (bicyclic) bond motifs is 3. The van der Waals surface area contributed by atoms with Gasteiger partial charge in [0, 0.05) is 22.3 Å². The number of benzene rings is 2. The third kappa shape index (κ3) is 2.51. The smallest absolute Gasteiger partial charge is 0.278 e. The minimum absolute atomic E-state index is 0.144. The molecule has 0 aromatic heterocycles. The molecule has 2 heterocycles. The third-order valence-electron chi connectivity index (χ3n) is 4.94. The van der Waals surface area contributed by atoms with Crippen LogP contribution in [-0.2, 0) is 10.5 Å². The second-order valence-corrected chi connectivity index (χ2v) is 8.09. The van der Waals surface area contributed by atoms with Crippen LogP contribution >= 0.6 is 15.9 Å². The van der Waals surface area contributed by atoms with Gasteiger partial charge in [0.15, 0.2) is 0 Å². The van der Waals surface area contributed by atoms with Gasteiger partial charge >= 0.3 is 0 Å². The van der Waals surface area contributed by atoms with Gasteiger partial charge in [-0.25, -0.2) is 0 Å². The maximum absolute atomic E-state index is 13.5. The lowest BCUT2D eigenvalue weighted by molar-refractivity contribution is -0.123. The normalized spacial score (nSPS) is 20.8. The average Bonchev–Trinajstić information content (AvgIpc) is 2.81. The van der Waals surface area contributed by atoms with Crippen LogP contribution in [0.25, 0.3) is 0 Å². The summed E-state index contributed by atoms with van der Waals surface area (Å²) in [7, 11) is 0. The van der Waals surface area contributed by atoms with Crippen molar-refractivity contribution in [2.24, 2.45) is 5.92 Å². The van der Waals surface area contributed by atoms with Crippen molar-refractivity contribution >= 4 is 39.1 Å². The zero-order valence-electron chi connectivity index (χ0n) is 14.7. The van der Waals surface area contributed by atoms with Gasteiger partial charge in [-0.1, -0.05) is 41.9 Å². The number of amides is 2. The number of nitrogens with one attached hydrogen (secondary N) is 2. The molecule has 1 spiro atoms. The summed E-state index contributed by atoms with van der Waals surface area (Å²) in [4.78, 5) is 28.0. The van der Waals surface area contributed by atoms with E-state index in [9.17, 15) is 9.59 Å². The molecule has 2 amide bonds.